The summed E-state index contributed by atoms with van der Waals surface area (Å²) in [6, 6.07) is 0. The number of hydrogen-bond donors (Lipinski definition) is 0. The Kier molecular flexibility index (Phi) is 5.14. The van der Waals surface area contributed by atoms with Crippen molar-refractivity contribution >= 4 is 94.1 Å². The lowest BCUT2D eigenvalue weighted by Gasteiger charge is -2.13. The van der Waals surface area contributed by atoms with E-state index < -0.39 is 0 Å². The molecule has 0 aromatic carbocycles. The van der Waals surface area contributed by atoms with Crippen molar-refractivity contribution < 1.29 is 9.47 Å². The summed E-state index contributed by atoms with van der Waals surface area (Å²) < 4.78 is 20.0. The van der Waals surface area contributed by atoms with Crippen LogP contribution in [-0.2, 0) is 9.47 Å². The van der Waals surface area contributed by atoms with Gasteiger partial charge in [-0.05, 0) is 23.5 Å². The minimum atomic E-state index is 0.666. The Bertz CT molecular complexity index is 683. The normalized spacial score (nSPS) is 32.6. The monoisotopic (exact) mass is 468 g/mol. The van der Waals surface area contributed by atoms with Crippen molar-refractivity contribution in [2.24, 2.45) is 0 Å². The Hall–Kier alpha value is 1.36. The topological polar surface area (TPSA) is 18.5 Å². The second-order valence-corrected chi connectivity index (χ2v) is 15.6. The van der Waals surface area contributed by atoms with Crippen LogP contribution in [0.4, 0.5) is 0 Å². The van der Waals surface area contributed by atoms with Gasteiger partial charge in [-0.1, -0.05) is 60.9 Å². The van der Waals surface area contributed by atoms with E-state index in [9.17, 15) is 0 Å². The summed E-state index contributed by atoms with van der Waals surface area (Å²) >= 11 is 15.3. The predicted octanol–water partition coefficient (Wildman–Crippen LogP) is 7.24. The van der Waals surface area contributed by atoms with Crippen LogP contribution in [0.3, 0.4) is 0 Å². The maximum atomic E-state index is 5.70. The third-order valence-electron chi connectivity index (χ3n) is 3.58. The fourth-order valence-electron chi connectivity index (χ4n) is 2.21. The molecule has 0 saturated carbocycles. The summed E-state index contributed by atoms with van der Waals surface area (Å²) in [6.07, 6.45) is 0. The minimum Gasteiger partial charge on any atom is -0.480 e. The minimum absolute atomic E-state index is 0.666. The fraction of sp³-hybridized carbons (Fsp3) is 0.429. The molecule has 5 heterocycles. The molecule has 0 spiro atoms. The van der Waals surface area contributed by atoms with E-state index in [0.29, 0.717) is 13.2 Å². The van der Waals surface area contributed by atoms with Crippen molar-refractivity contribution in [3.05, 3.63) is 35.6 Å². The third kappa shape index (κ3) is 3.21. The van der Waals surface area contributed by atoms with E-state index in [-0.39, 0.29) is 0 Å². The predicted molar refractivity (Wildman–Crippen MR) is 120 cm³/mol. The quantitative estimate of drug-likeness (QED) is 0.360. The highest BCUT2D eigenvalue weighted by molar-refractivity contribution is 8.49. The summed E-state index contributed by atoms with van der Waals surface area (Å²) in [5.74, 6) is 0. The molecule has 2 nitrogen and oxygen atoms in total. The first-order chi connectivity index (χ1) is 11.7. The molecular weight excluding hydrogens is 457 g/mol. The molecule has 0 radical (unpaired) electrons. The van der Waals surface area contributed by atoms with Gasteiger partial charge in [0.2, 0.25) is 10.2 Å². The van der Waals surface area contributed by atoms with Gasteiger partial charge < -0.3 is 9.47 Å². The van der Waals surface area contributed by atoms with E-state index in [2.05, 4.69) is 13.8 Å². The van der Waals surface area contributed by atoms with Gasteiger partial charge >= 0.3 is 0 Å². The first-order valence-corrected chi connectivity index (χ1v) is 14.0. The fourth-order valence-corrected chi connectivity index (χ4v) is 14.6. The Morgan fingerprint density at radius 2 is 0.958 bits per heavy atom. The molecule has 1 fully saturated rings. The molecule has 1 saturated heterocycles. The van der Waals surface area contributed by atoms with E-state index in [1.807, 2.05) is 70.6 Å². The maximum Gasteiger partial charge on any atom is 0.208 e. The largest absolute Gasteiger partial charge is 0.480 e. The van der Waals surface area contributed by atoms with Gasteiger partial charge in [0.1, 0.15) is 13.2 Å². The second kappa shape index (κ2) is 7.07. The maximum absolute atomic E-state index is 5.70. The average molecular weight is 469 g/mol. The third-order valence-corrected chi connectivity index (χ3v) is 15.8. The highest BCUT2D eigenvalue weighted by atomic mass is 32.3. The number of thioether (sulfide) groups is 8. The molecule has 10 heteroatoms. The van der Waals surface area contributed by atoms with Gasteiger partial charge in [-0.2, -0.15) is 0 Å². The zero-order chi connectivity index (χ0) is 16.3. The van der Waals surface area contributed by atoms with Gasteiger partial charge in [-0.15, -0.1) is 23.5 Å². The zero-order valence-electron chi connectivity index (χ0n) is 12.7. The van der Waals surface area contributed by atoms with Crippen LogP contribution >= 0.6 is 94.1 Å². The molecule has 5 aliphatic rings. The van der Waals surface area contributed by atoms with Gasteiger partial charge in [0.05, 0.1) is 25.4 Å². The summed E-state index contributed by atoms with van der Waals surface area (Å²) in [5, 5.41) is 3.34. The van der Waals surface area contributed by atoms with E-state index in [4.69, 9.17) is 9.47 Å². The van der Waals surface area contributed by atoms with Gasteiger partial charge in [-0.3, -0.25) is 0 Å². The molecule has 24 heavy (non-hydrogen) atoms. The number of rotatable bonds is 0. The SMILES string of the molecule is C[C@H]1SC(=C2SC3=C(SC(=C4SC5=C(OCCO5)S4)S3)S2)S[C@@H]1C. The molecule has 0 aliphatic carbocycles. The van der Waals surface area contributed by atoms with Crippen molar-refractivity contribution in [2.75, 3.05) is 13.2 Å². The molecule has 0 amide bonds. The lowest BCUT2D eigenvalue weighted by atomic mass is 10.4. The van der Waals surface area contributed by atoms with Crippen LogP contribution in [0.5, 0.6) is 0 Å². The number of hydrogen-bond acceptors (Lipinski definition) is 10. The van der Waals surface area contributed by atoms with Crippen LogP contribution in [0.15, 0.2) is 35.6 Å². The Labute approximate surface area is 175 Å². The number of ether oxygens (including phenoxy) is 2. The Morgan fingerprint density at radius 1 is 0.583 bits per heavy atom. The van der Waals surface area contributed by atoms with E-state index in [1.165, 1.54) is 25.4 Å². The molecule has 128 valence electrons. The Balaban J connectivity index is 1.29. The van der Waals surface area contributed by atoms with Crippen LogP contribution in [0.2, 0.25) is 0 Å². The molecule has 0 N–H and O–H groups in total. The van der Waals surface area contributed by atoms with Crippen molar-refractivity contribution in [2.45, 2.75) is 24.3 Å². The van der Waals surface area contributed by atoms with E-state index in [1.54, 1.807) is 23.5 Å². The van der Waals surface area contributed by atoms with E-state index in [0.717, 1.165) is 20.7 Å². The van der Waals surface area contributed by atoms with Crippen LogP contribution in [0.1, 0.15) is 13.8 Å². The van der Waals surface area contributed by atoms with Gasteiger partial charge in [0, 0.05) is 10.5 Å². The first-order valence-electron chi connectivity index (χ1n) is 7.30. The van der Waals surface area contributed by atoms with Crippen LogP contribution in [-0.4, -0.2) is 23.7 Å². The lowest BCUT2D eigenvalue weighted by molar-refractivity contribution is 0.0949. The van der Waals surface area contributed by atoms with Crippen LogP contribution in [0.25, 0.3) is 0 Å². The molecule has 0 unspecified atom stereocenters. The molecule has 0 aromatic heterocycles. The standard InChI is InChI=1S/C14H12O2S8/c1-5-6(2)18-9(17-5)11-21-13-14(22-11)24-12(23-13)10-19-7-8(20-10)16-4-3-15-7/h5-6H,3-4H2,1-2H3/t5-,6-/m1/s1. The van der Waals surface area contributed by atoms with Crippen LogP contribution < -0.4 is 0 Å². The molecule has 0 aromatic rings. The smallest absolute Gasteiger partial charge is 0.208 e. The molecule has 5 aliphatic heterocycles. The van der Waals surface area contributed by atoms with Crippen molar-refractivity contribution in [3.63, 3.8) is 0 Å². The van der Waals surface area contributed by atoms with Gasteiger partial charge in [-0.25, -0.2) is 0 Å². The highest BCUT2D eigenvalue weighted by Gasteiger charge is 2.38. The summed E-state index contributed by atoms with van der Waals surface area (Å²) in [5.41, 5.74) is 0. The molecule has 2 atom stereocenters. The Morgan fingerprint density at radius 3 is 1.42 bits per heavy atom. The summed E-state index contributed by atoms with van der Waals surface area (Å²) in [6.45, 7) is 6.00. The summed E-state index contributed by atoms with van der Waals surface area (Å²) in [7, 11) is 0. The molecule has 5 rings (SSSR count). The van der Waals surface area contributed by atoms with Gasteiger partial charge in [0.25, 0.3) is 0 Å². The van der Waals surface area contributed by atoms with E-state index >= 15 is 0 Å². The van der Waals surface area contributed by atoms with Crippen LogP contribution in [0, 0.1) is 0 Å². The zero-order valence-corrected chi connectivity index (χ0v) is 19.2. The van der Waals surface area contributed by atoms with Crippen molar-refractivity contribution in [1.29, 1.82) is 0 Å². The van der Waals surface area contributed by atoms with Crippen molar-refractivity contribution in [3.8, 4) is 0 Å². The average Bonchev–Trinajstić information content (AvgIpc) is 3.29. The lowest BCUT2D eigenvalue weighted by Crippen LogP contribution is -2.08. The first kappa shape index (κ1) is 17.5. The summed E-state index contributed by atoms with van der Waals surface area (Å²) in [4.78, 5) is 0. The molecular formula is C14H12O2S8. The highest BCUT2D eigenvalue weighted by Crippen LogP contribution is 2.71. The second-order valence-electron chi connectivity index (χ2n) is 5.25. The molecule has 0 bridgehead atoms. The van der Waals surface area contributed by atoms with Gasteiger partial charge in [0.15, 0.2) is 0 Å². The van der Waals surface area contributed by atoms with Crippen molar-refractivity contribution in [1.82, 2.24) is 0 Å².